The number of carboxylic acids is 1. The lowest BCUT2D eigenvalue weighted by atomic mass is 10.2. The molecule has 0 spiro atoms. The first-order valence-electron chi connectivity index (χ1n) is 3.85. The molecule has 1 aromatic heterocycles. The molecule has 0 bridgehead atoms. The Morgan fingerprint density at radius 2 is 2.31 bits per heavy atom. The average Bonchev–Trinajstić information content (AvgIpc) is 2.42. The van der Waals surface area contributed by atoms with Crippen molar-refractivity contribution in [1.29, 1.82) is 0 Å². The van der Waals surface area contributed by atoms with Crippen LogP contribution in [0.3, 0.4) is 0 Å². The zero-order valence-electron chi connectivity index (χ0n) is 7.44. The van der Waals surface area contributed by atoms with Gasteiger partial charge in [-0.15, -0.1) is 0 Å². The Balaban J connectivity index is 3.35. The number of rotatable bonds is 3. The minimum absolute atomic E-state index is 0.0351. The van der Waals surface area contributed by atoms with E-state index in [-0.39, 0.29) is 11.5 Å². The van der Waals surface area contributed by atoms with E-state index in [0.717, 1.165) is 0 Å². The smallest absolute Gasteiger partial charge is 0.356 e. The van der Waals surface area contributed by atoms with E-state index in [1.807, 2.05) is 6.92 Å². The van der Waals surface area contributed by atoms with Crippen LogP contribution >= 0.6 is 0 Å². The lowest BCUT2D eigenvalue weighted by molar-refractivity contribution is 0.0689. The van der Waals surface area contributed by atoms with Gasteiger partial charge < -0.3 is 9.67 Å². The molecule has 0 aliphatic carbocycles. The van der Waals surface area contributed by atoms with Crippen LogP contribution in [0.5, 0.6) is 0 Å². The third kappa shape index (κ3) is 1.44. The Labute approximate surface area is 75.0 Å². The summed E-state index contributed by atoms with van der Waals surface area (Å²) in [5.74, 6) is -0.949. The number of carbonyl (C=O) groups excluding carboxylic acids is 1. The maximum Gasteiger partial charge on any atom is 0.356 e. The number of carbonyl (C=O) groups is 2. The maximum atomic E-state index is 10.7. The van der Waals surface area contributed by atoms with Crippen molar-refractivity contribution in [2.45, 2.75) is 13.3 Å². The van der Waals surface area contributed by atoms with Gasteiger partial charge in [-0.05, 0) is 6.42 Å². The average molecular weight is 182 g/mol. The summed E-state index contributed by atoms with van der Waals surface area (Å²) < 4.78 is 1.50. The Hall–Kier alpha value is -1.65. The molecule has 0 saturated heterocycles. The molecule has 13 heavy (non-hydrogen) atoms. The second-order valence-corrected chi connectivity index (χ2v) is 2.60. The van der Waals surface area contributed by atoms with Gasteiger partial charge in [0.2, 0.25) is 0 Å². The van der Waals surface area contributed by atoms with Crippen molar-refractivity contribution in [1.82, 2.24) is 9.55 Å². The van der Waals surface area contributed by atoms with Crippen LogP contribution in [0.1, 0.15) is 33.7 Å². The highest BCUT2D eigenvalue weighted by Gasteiger charge is 2.17. The van der Waals surface area contributed by atoms with Crippen molar-refractivity contribution in [3.05, 3.63) is 17.2 Å². The maximum absolute atomic E-state index is 10.7. The van der Waals surface area contributed by atoms with Gasteiger partial charge in [0.05, 0.1) is 5.69 Å². The van der Waals surface area contributed by atoms with Gasteiger partial charge in [0.15, 0.2) is 17.8 Å². The Morgan fingerprint density at radius 3 is 2.62 bits per heavy atom. The predicted octanol–water partition coefficient (Wildman–Crippen LogP) is 0.493. The highest BCUT2D eigenvalue weighted by atomic mass is 16.4. The van der Waals surface area contributed by atoms with Crippen molar-refractivity contribution >= 4 is 12.3 Å². The topological polar surface area (TPSA) is 72.2 Å². The molecule has 0 saturated carbocycles. The van der Waals surface area contributed by atoms with Gasteiger partial charge in [0, 0.05) is 7.05 Å². The normalized spacial score (nSPS) is 10.0. The molecule has 0 amide bonds. The van der Waals surface area contributed by atoms with E-state index >= 15 is 0 Å². The summed E-state index contributed by atoms with van der Waals surface area (Å²) in [6.45, 7) is 1.82. The fourth-order valence-corrected chi connectivity index (χ4v) is 1.23. The van der Waals surface area contributed by atoms with E-state index in [0.29, 0.717) is 18.4 Å². The third-order valence-electron chi connectivity index (χ3n) is 1.89. The molecule has 0 aliphatic heterocycles. The number of aromatic nitrogens is 2. The molecule has 0 atom stereocenters. The standard InChI is InChI=1S/C8H10N2O3/c1-3-5-7(8(12)13)9-6(4-11)10(5)2/h4H,3H2,1-2H3,(H,12,13). The highest BCUT2D eigenvalue weighted by Crippen LogP contribution is 2.09. The number of hydrogen-bond donors (Lipinski definition) is 1. The van der Waals surface area contributed by atoms with E-state index in [1.165, 1.54) is 4.57 Å². The number of carboxylic acid groups (broad SMARTS) is 1. The zero-order chi connectivity index (χ0) is 10.0. The Morgan fingerprint density at radius 1 is 1.69 bits per heavy atom. The van der Waals surface area contributed by atoms with Crippen LogP contribution in [-0.2, 0) is 13.5 Å². The van der Waals surface area contributed by atoms with E-state index < -0.39 is 5.97 Å². The molecule has 1 aromatic rings. The predicted molar refractivity (Wildman–Crippen MR) is 44.9 cm³/mol. The number of aldehydes is 1. The van der Waals surface area contributed by atoms with Crippen LogP contribution < -0.4 is 0 Å². The van der Waals surface area contributed by atoms with Gasteiger partial charge >= 0.3 is 5.97 Å². The van der Waals surface area contributed by atoms with E-state index in [2.05, 4.69) is 4.98 Å². The highest BCUT2D eigenvalue weighted by molar-refractivity contribution is 5.88. The van der Waals surface area contributed by atoms with Crippen molar-refractivity contribution < 1.29 is 14.7 Å². The quantitative estimate of drug-likeness (QED) is 0.690. The summed E-state index contributed by atoms with van der Waals surface area (Å²) in [4.78, 5) is 24.8. The minimum Gasteiger partial charge on any atom is -0.476 e. The fourth-order valence-electron chi connectivity index (χ4n) is 1.23. The Bertz CT molecular complexity index is 355. The van der Waals surface area contributed by atoms with Crippen molar-refractivity contribution in [2.24, 2.45) is 7.05 Å². The van der Waals surface area contributed by atoms with Crippen LogP contribution in [0.2, 0.25) is 0 Å². The second-order valence-electron chi connectivity index (χ2n) is 2.60. The summed E-state index contributed by atoms with van der Waals surface area (Å²) in [6.07, 6.45) is 1.09. The summed E-state index contributed by atoms with van der Waals surface area (Å²) in [6, 6.07) is 0. The number of hydrogen-bond acceptors (Lipinski definition) is 3. The molecule has 1 heterocycles. The SMILES string of the molecule is CCc1c(C(=O)O)nc(C=O)n1C. The molecular weight excluding hydrogens is 172 g/mol. The molecule has 0 radical (unpaired) electrons. The molecule has 0 aliphatic rings. The van der Waals surface area contributed by atoms with E-state index in [1.54, 1.807) is 7.05 Å². The molecule has 1 N–H and O–H groups in total. The zero-order valence-corrected chi connectivity index (χ0v) is 7.44. The van der Waals surface area contributed by atoms with Gasteiger partial charge in [-0.25, -0.2) is 9.78 Å². The van der Waals surface area contributed by atoms with Crippen LogP contribution in [0.4, 0.5) is 0 Å². The summed E-state index contributed by atoms with van der Waals surface area (Å²) in [7, 11) is 1.63. The monoisotopic (exact) mass is 182 g/mol. The van der Waals surface area contributed by atoms with Gasteiger partial charge in [0.25, 0.3) is 0 Å². The third-order valence-corrected chi connectivity index (χ3v) is 1.89. The molecule has 0 aromatic carbocycles. The first kappa shape index (κ1) is 9.44. The van der Waals surface area contributed by atoms with E-state index in [4.69, 9.17) is 5.11 Å². The van der Waals surface area contributed by atoms with Gasteiger partial charge in [0.1, 0.15) is 0 Å². The van der Waals surface area contributed by atoms with Crippen molar-refractivity contribution in [3.8, 4) is 0 Å². The molecule has 5 nitrogen and oxygen atoms in total. The lowest BCUT2D eigenvalue weighted by Gasteiger charge is -1.99. The summed E-state index contributed by atoms with van der Waals surface area (Å²) in [5.41, 5.74) is 0.529. The molecule has 70 valence electrons. The molecule has 0 fully saturated rings. The molecule has 1 rings (SSSR count). The van der Waals surface area contributed by atoms with Gasteiger partial charge in [-0.2, -0.15) is 0 Å². The van der Waals surface area contributed by atoms with Crippen LogP contribution in [0, 0.1) is 0 Å². The number of aromatic carboxylic acids is 1. The first-order valence-corrected chi connectivity index (χ1v) is 3.85. The minimum atomic E-state index is -1.10. The largest absolute Gasteiger partial charge is 0.476 e. The first-order chi connectivity index (χ1) is 6.11. The summed E-state index contributed by atoms with van der Waals surface area (Å²) in [5, 5.41) is 8.74. The molecular formula is C8H10N2O3. The van der Waals surface area contributed by atoms with E-state index in [9.17, 15) is 9.59 Å². The summed E-state index contributed by atoms with van der Waals surface area (Å²) >= 11 is 0. The van der Waals surface area contributed by atoms with Crippen LogP contribution in [-0.4, -0.2) is 26.9 Å². The van der Waals surface area contributed by atoms with Crippen molar-refractivity contribution in [3.63, 3.8) is 0 Å². The number of nitrogens with zero attached hydrogens (tertiary/aromatic N) is 2. The fraction of sp³-hybridized carbons (Fsp3) is 0.375. The van der Waals surface area contributed by atoms with Crippen LogP contribution in [0.15, 0.2) is 0 Å². The van der Waals surface area contributed by atoms with Gasteiger partial charge in [-0.1, -0.05) is 6.92 Å². The lowest BCUT2D eigenvalue weighted by Crippen LogP contribution is -2.04. The molecule has 5 heteroatoms. The second kappa shape index (κ2) is 3.38. The van der Waals surface area contributed by atoms with Gasteiger partial charge in [-0.3, -0.25) is 4.79 Å². The Kier molecular flexibility index (Phi) is 2.46. The van der Waals surface area contributed by atoms with Crippen molar-refractivity contribution in [2.75, 3.05) is 0 Å². The van der Waals surface area contributed by atoms with Crippen LogP contribution in [0.25, 0.3) is 0 Å². The molecule has 0 unspecified atom stereocenters. The number of imidazole rings is 1.